The van der Waals surface area contributed by atoms with Crippen LogP contribution in [0.4, 0.5) is 0 Å². The van der Waals surface area contributed by atoms with Gasteiger partial charge in [-0.15, -0.1) is 0 Å². The van der Waals surface area contributed by atoms with Crippen LogP contribution in [0.15, 0.2) is 12.1 Å². The molecule has 2 rings (SSSR count). The van der Waals surface area contributed by atoms with E-state index in [0.717, 1.165) is 24.8 Å². The fraction of sp³-hybridized carbons (Fsp3) is 0.500. The molecule has 0 bridgehead atoms. The third-order valence-corrected chi connectivity index (χ3v) is 3.11. The zero-order valence-corrected chi connectivity index (χ0v) is 10.5. The molecule has 1 heterocycles. The van der Waals surface area contributed by atoms with Crippen LogP contribution in [0.5, 0.6) is 11.5 Å². The minimum atomic E-state index is -0.282. The Balaban J connectivity index is 2.17. The van der Waals surface area contributed by atoms with E-state index >= 15 is 0 Å². The lowest BCUT2D eigenvalue weighted by Crippen LogP contribution is -2.25. The van der Waals surface area contributed by atoms with Crippen LogP contribution in [0.1, 0.15) is 42.1 Å². The van der Waals surface area contributed by atoms with Crippen molar-refractivity contribution < 1.29 is 19.4 Å². The molecule has 1 saturated heterocycles. The Morgan fingerprint density at radius 2 is 2.28 bits per heavy atom. The van der Waals surface area contributed by atoms with Crippen LogP contribution in [0.25, 0.3) is 0 Å². The van der Waals surface area contributed by atoms with Crippen molar-refractivity contribution in [2.45, 2.75) is 38.9 Å². The van der Waals surface area contributed by atoms with Crippen molar-refractivity contribution in [1.29, 1.82) is 0 Å². The van der Waals surface area contributed by atoms with Gasteiger partial charge < -0.3 is 9.47 Å². The first kappa shape index (κ1) is 12.9. The summed E-state index contributed by atoms with van der Waals surface area (Å²) in [5, 5.41) is 11.7. The molecule has 1 radical (unpaired) electrons. The Labute approximate surface area is 107 Å². The summed E-state index contributed by atoms with van der Waals surface area (Å²) in [5.41, 5.74) is 0.956. The van der Waals surface area contributed by atoms with E-state index in [0.29, 0.717) is 25.1 Å². The number of hydrogen-bond donors (Lipinski definition) is 0. The van der Waals surface area contributed by atoms with Crippen LogP contribution in [0.2, 0.25) is 0 Å². The maximum absolute atomic E-state index is 11.7. The molecule has 0 aliphatic carbocycles. The summed E-state index contributed by atoms with van der Waals surface area (Å²) in [5.74, 6) is 0.213. The zero-order chi connectivity index (χ0) is 13.0. The number of carbonyl (C=O) groups is 1. The number of benzene rings is 1. The van der Waals surface area contributed by atoms with Gasteiger partial charge in [-0.3, -0.25) is 9.90 Å². The number of carbonyl (C=O) groups excluding carboxylic acids is 1. The van der Waals surface area contributed by atoms with Crippen LogP contribution in [-0.4, -0.2) is 19.2 Å². The van der Waals surface area contributed by atoms with Crippen molar-refractivity contribution in [3.63, 3.8) is 0 Å². The predicted molar refractivity (Wildman–Crippen MR) is 65.6 cm³/mol. The molecular formula is C14H17O4. The summed E-state index contributed by atoms with van der Waals surface area (Å²) in [6, 6.07) is 3.12. The molecule has 0 spiro atoms. The lowest BCUT2D eigenvalue weighted by atomic mass is 10.0. The van der Waals surface area contributed by atoms with Gasteiger partial charge in [0.05, 0.1) is 12.2 Å². The minimum Gasteiger partial charge on any atom is -0.465 e. The summed E-state index contributed by atoms with van der Waals surface area (Å²) >= 11 is 0. The zero-order valence-electron chi connectivity index (χ0n) is 10.5. The fourth-order valence-electron chi connectivity index (χ4n) is 2.11. The molecule has 1 fully saturated rings. The molecule has 4 heteroatoms. The normalized spacial score (nSPS) is 19.5. The van der Waals surface area contributed by atoms with E-state index in [9.17, 15) is 9.90 Å². The van der Waals surface area contributed by atoms with Gasteiger partial charge in [-0.1, -0.05) is 6.92 Å². The largest absolute Gasteiger partial charge is 0.465 e. The molecular weight excluding hydrogens is 232 g/mol. The standard InChI is InChI=1S/C14H17O4/c1-2-10-7-11(8-13(16)12(10)9-15)18-14-5-3-4-6-17-14/h7-9,14H,2-6H2,1H3. The van der Waals surface area contributed by atoms with Gasteiger partial charge in [0.2, 0.25) is 0 Å². The van der Waals surface area contributed by atoms with E-state index in [1.807, 2.05) is 6.92 Å². The number of aldehydes is 1. The smallest absolute Gasteiger partial charge is 0.199 e. The first-order chi connectivity index (χ1) is 8.74. The Kier molecular flexibility index (Phi) is 4.20. The molecule has 0 saturated carbocycles. The summed E-state index contributed by atoms with van der Waals surface area (Å²) in [6.45, 7) is 2.60. The van der Waals surface area contributed by atoms with Crippen molar-refractivity contribution in [1.82, 2.24) is 0 Å². The van der Waals surface area contributed by atoms with Crippen LogP contribution in [-0.2, 0) is 16.3 Å². The number of ether oxygens (including phenoxy) is 2. The molecule has 18 heavy (non-hydrogen) atoms. The van der Waals surface area contributed by atoms with E-state index in [1.54, 1.807) is 6.07 Å². The summed E-state index contributed by atoms with van der Waals surface area (Å²) < 4.78 is 11.1. The Bertz CT molecular complexity index is 422. The average Bonchev–Trinajstić information content (AvgIpc) is 2.39. The highest BCUT2D eigenvalue weighted by molar-refractivity contribution is 5.82. The van der Waals surface area contributed by atoms with E-state index in [-0.39, 0.29) is 17.6 Å². The van der Waals surface area contributed by atoms with Crippen LogP contribution in [0.3, 0.4) is 0 Å². The molecule has 97 valence electrons. The second-order valence-electron chi connectivity index (χ2n) is 4.38. The Morgan fingerprint density at radius 3 is 2.89 bits per heavy atom. The van der Waals surface area contributed by atoms with Gasteiger partial charge in [-0.25, -0.2) is 0 Å². The second kappa shape index (κ2) is 5.87. The molecule has 0 amide bonds. The molecule has 1 aromatic rings. The molecule has 1 aromatic carbocycles. The van der Waals surface area contributed by atoms with E-state index in [4.69, 9.17) is 9.47 Å². The fourth-order valence-corrected chi connectivity index (χ4v) is 2.11. The van der Waals surface area contributed by atoms with Crippen LogP contribution < -0.4 is 4.74 Å². The topological polar surface area (TPSA) is 55.4 Å². The third-order valence-electron chi connectivity index (χ3n) is 3.11. The first-order valence-electron chi connectivity index (χ1n) is 6.32. The number of hydrogen-bond acceptors (Lipinski definition) is 3. The molecule has 1 unspecified atom stereocenters. The predicted octanol–water partition coefficient (Wildman–Crippen LogP) is 3.11. The maximum atomic E-state index is 11.7. The molecule has 0 N–H and O–H groups in total. The molecule has 1 atom stereocenters. The lowest BCUT2D eigenvalue weighted by Gasteiger charge is -2.23. The van der Waals surface area contributed by atoms with Gasteiger partial charge in [-0.05, 0) is 30.9 Å². The summed E-state index contributed by atoms with van der Waals surface area (Å²) in [4.78, 5) is 10.8. The average molecular weight is 249 g/mol. The van der Waals surface area contributed by atoms with Crippen LogP contribution in [0, 0.1) is 0 Å². The highest BCUT2D eigenvalue weighted by Gasteiger charge is 2.17. The molecule has 0 aromatic heterocycles. The molecule has 4 nitrogen and oxygen atoms in total. The van der Waals surface area contributed by atoms with E-state index in [2.05, 4.69) is 0 Å². The van der Waals surface area contributed by atoms with Gasteiger partial charge in [-0.2, -0.15) is 0 Å². The van der Waals surface area contributed by atoms with Gasteiger partial charge >= 0.3 is 0 Å². The van der Waals surface area contributed by atoms with Gasteiger partial charge in [0.25, 0.3) is 0 Å². The van der Waals surface area contributed by atoms with Crippen molar-refractivity contribution in [3.8, 4) is 11.5 Å². The minimum absolute atomic E-state index is 0.231. The van der Waals surface area contributed by atoms with Gasteiger partial charge in [0.15, 0.2) is 18.3 Å². The monoisotopic (exact) mass is 249 g/mol. The van der Waals surface area contributed by atoms with Gasteiger partial charge in [0.1, 0.15) is 5.75 Å². The lowest BCUT2D eigenvalue weighted by molar-refractivity contribution is -0.106. The van der Waals surface area contributed by atoms with Crippen molar-refractivity contribution in [2.24, 2.45) is 0 Å². The molecule has 1 aliphatic rings. The number of aryl methyl sites for hydroxylation is 1. The summed E-state index contributed by atoms with van der Waals surface area (Å²) in [6.07, 6.45) is 3.93. The highest BCUT2D eigenvalue weighted by Crippen LogP contribution is 2.29. The molecule has 1 aliphatic heterocycles. The Morgan fingerprint density at radius 1 is 1.44 bits per heavy atom. The Hall–Kier alpha value is -1.55. The number of rotatable bonds is 4. The van der Waals surface area contributed by atoms with E-state index in [1.165, 1.54) is 6.07 Å². The van der Waals surface area contributed by atoms with Crippen molar-refractivity contribution in [3.05, 3.63) is 23.3 Å². The second-order valence-corrected chi connectivity index (χ2v) is 4.38. The quantitative estimate of drug-likeness (QED) is 0.770. The SMILES string of the molecule is CCc1cc(OC2CCCCO2)cc([O])c1C=O. The van der Waals surface area contributed by atoms with Crippen LogP contribution >= 0.6 is 0 Å². The first-order valence-corrected chi connectivity index (χ1v) is 6.32. The maximum Gasteiger partial charge on any atom is 0.199 e. The van der Waals surface area contributed by atoms with Crippen molar-refractivity contribution in [2.75, 3.05) is 6.61 Å². The third kappa shape index (κ3) is 2.82. The van der Waals surface area contributed by atoms with Crippen molar-refractivity contribution >= 4 is 6.29 Å². The van der Waals surface area contributed by atoms with Gasteiger partial charge in [0, 0.05) is 12.5 Å². The summed E-state index contributed by atoms with van der Waals surface area (Å²) in [7, 11) is 0. The van der Waals surface area contributed by atoms with E-state index < -0.39 is 0 Å². The highest BCUT2D eigenvalue weighted by atomic mass is 16.7.